The maximum absolute atomic E-state index is 14.5. The smallest absolute Gasteiger partial charge is 0.211 e. The molecule has 9 heteroatoms. The fourth-order valence-electron chi connectivity index (χ4n) is 10.3. The minimum Gasteiger partial charge on any atom is -0.393 e. The number of aliphatic hydroxyl groups excluding tert-OH is 1. The molecule has 0 saturated heterocycles. The van der Waals surface area contributed by atoms with Crippen molar-refractivity contribution in [1.29, 1.82) is 0 Å². The predicted molar refractivity (Wildman–Crippen MR) is 165 cm³/mol. The topological polar surface area (TPSA) is 104 Å². The quantitative estimate of drug-likeness (QED) is 0.226. The number of fused-ring (bicyclic) bond motifs is 1. The third-order valence-electron chi connectivity index (χ3n) is 12.6. The van der Waals surface area contributed by atoms with Crippen molar-refractivity contribution in [2.45, 2.75) is 83.8 Å². The van der Waals surface area contributed by atoms with E-state index in [0.717, 1.165) is 47.4 Å². The Bertz CT molecular complexity index is 1430. The summed E-state index contributed by atoms with van der Waals surface area (Å²) in [4.78, 5) is 16.3. The lowest BCUT2D eigenvalue weighted by Crippen LogP contribution is -2.67. The van der Waals surface area contributed by atoms with Gasteiger partial charge in [0.1, 0.15) is 0 Å². The Morgan fingerprint density at radius 3 is 2.45 bits per heavy atom. The Morgan fingerprint density at radius 2 is 1.79 bits per heavy atom. The Hall–Kier alpha value is -1.36. The molecule has 42 heavy (non-hydrogen) atoms. The van der Waals surface area contributed by atoms with Crippen LogP contribution in [0.2, 0.25) is 0 Å². The van der Waals surface area contributed by atoms with Gasteiger partial charge in [-0.3, -0.25) is 4.79 Å². The number of methoxy groups -OCH3 is 1. The summed E-state index contributed by atoms with van der Waals surface area (Å²) in [6.45, 7) is 7.35. The molecule has 0 amide bonds. The van der Waals surface area contributed by atoms with Gasteiger partial charge in [0.2, 0.25) is 10.0 Å². The Labute approximate surface area is 255 Å². The van der Waals surface area contributed by atoms with Crippen LogP contribution in [0.1, 0.15) is 79.8 Å². The van der Waals surface area contributed by atoms with Crippen LogP contribution < -0.4 is 0 Å². The molecule has 3 fully saturated rings. The number of carbonyl (C=O) groups is 1. The largest absolute Gasteiger partial charge is 0.393 e. The summed E-state index contributed by atoms with van der Waals surface area (Å²) < 4.78 is 32.4. The number of carbonyl (C=O) groups excluding carboxylic acids is 1. The monoisotopic (exact) mass is 617 g/mol. The second-order valence-electron chi connectivity index (χ2n) is 14.5. The summed E-state index contributed by atoms with van der Waals surface area (Å²) in [6, 6.07) is 3.93. The van der Waals surface area contributed by atoms with Gasteiger partial charge in [0.05, 0.1) is 22.8 Å². The molecule has 6 aliphatic rings. The summed E-state index contributed by atoms with van der Waals surface area (Å²) in [5.74, 6) is 0.269. The van der Waals surface area contributed by atoms with Crippen LogP contribution in [-0.4, -0.2) is 73.5 Å². The van der Waals surface area contributed by atoms with E-state index in [0.29, 0.717) is 32.4 Å². The zero-order valence-corrected chi connectivity index (χ0v) is 27.3. The van der Waals surface area contributed by atoms with E-state index in [-0.39, 0.29) is 35.0 Å². The number of hydrogen-bond acceptors (Lipinski definition) is 7. The van der Waals surface area contributed by atoms with Crippen LogP contribution in [0.5, 0.6) is 0 Å². The number of nitrogens with zero attached hydrogens (tertiary/aromatic N) is 1. The lowest BCUT2D eigenvalue weighted by Gasteiger charge is -2.71. The summed E-state index contributed by atoms with van der Waals surface area (Å²) >= 11 is 1.53. The van der Waals surface area contributed by atoms with Gasteiger partial charge in [-0.15, -0.1) is 11.3 Å². The zero-order valence-electron chi connectivity index (χ0n) is 25.7. The van der Waals surface area contributed by atoms with Gasteiger partial charge in [-0.05, 0) is 87.7 Å². The molecule has 7 rings (SSSR count). The van der Waals surface area contributed by atoms with Crippen molar-refractivity contribution in [2.75, 3.05) is 33.1 Å². The van der Waals surface area contributed by atoms with Crippen LogP contribution in [0.4, 0.5) is 0 Å². The minimum absolute atomic E-state index is 0.0105. The first-order valence-corrected chi connectivity index (χ1v) is 18.2. The fraction of sp³-hybridized carbons (Fsp3) is 0.727. The number of thiophene rings is 1. The molecule has 8 atom stereocenters. The van der Waals surface area contributed by atoms with E-state index >= 15 is 0 Å². The Morgan fingerprint density at radius 1 is 1.10 bits per heavy atom. The molecule has 2 bridgehead atoms. The average molecular weight is 618 g/mol. The van der Waals surface area contributed by atoms with E-state index in [9.17, 15) is 23.4 Å². The molecule has 1 heterocycles. The van der Waals surface area contributed by atoms with Gasteiger partial charge >= 0.3 is 0 Å². The van der Waals surface area contributed by atoms with Gasteiger partial charge in [-0.25, -0.2) is 8.42 Å². The van der Waals surface area contributed by atoms with Gasteiger partial charge in [0.15, 0.2) is 5.78 Å². The van der Waals surface area contributed by atoms with Crippen molar-refractivity contribution in [2.24, 2.45) is 33.5 Å². The molecule has 0 aromatic carbocycles. The second kappa shape index (κ2) is 10.1. The lowest BCUT2D eigenvalue weighted by molar-refractivity contribution is -0.173. The molecule has 1 unspecified atom stereocenters. The van der Waals surface area contributed by atoms with E-state index < -0.39 is 32.6 Å². The van der Waals surface area contributed by atoms with Gasteiger partial charge < -0.3 is 14.9 Å². The van der Waals surface area contributed by atoms with Crippen LogP contribution in [-0.2, 0) is 14.8 Å². The molecule has 232 valence electrons. The molecule has 0 radical (unpaired) electrons. The first-order chi connectivity index (χ1) is 19.7. The molecular weight excluding hydrogens is 570 g/mol. The summed E-state index contributed by atoms with van der Waals surface area (Å²) in [5, 5.41) is 23.4. The van der Waals surface area contributed by atoms with Crippen LogP contribution in [0, 0.1) is 40.4 Å². The number of aryl methyl sites for hydroxylation is 1. The number of sulfonamides is 1. The Balaban J connectivity index is 1.45. The number of ketones is 1. The standard InChI is InChI=1S/C33H47NO6S2/c1-22-7-8-25(41-22)28(36)24-20-31-15-16-33(24)26(29(31,2)12-9-23(35)19-31)10-13-30(3)27(33)11-14-32(30,37)21-34(42(5,38)39)17-6-18-40-4/h7-8,15-16,20,23,26-27,35,37H,6,9-14,17-19,21H2,1-5H3/t23?,26-,27-,29-,30+,31+,32-,33-/m1/s1. The third-order valence-corrected chi connectivity index (χ3v) is 14.8. The molecule has 2 spiro atoms. The van der Waals surface area contributed by atoms with Crippen molar-refractivity contribution in [3.8, 4) is 0 Å². The van der Waals surface area contributed by atoms with E-state index in [1.54, 1.807) is 7.11 Å². The zero-order chi connectivity index (χ0) is 30.3. The number of rotatable bonds is 9. The van der Waals surface area contributed by atoms with Crippen molar-refractivity contribution in [3.05, 3.63) is 45.7 Å². The normalized spacial score (nSPS) is 42.3. The van der Waals surface area contributed by atoms with Crippen molar-refractivity contribution >= 4 is 27.1 Å². The highest BCUT2D eigenvalue weighted by molar-refractivity contribution is 7.88. The van der Waals surface area contributed by atoms with Gasteiger partial charge in [0, 0.05) is 53.5 Å². The summed E-state index contributed by atoms with van der Waals surface area (Å²) in [5.41, 5.74) is -1.97. The number of hydrogen-bond donors (Lipinski definition) is 2. The van der Waals surface area contributed by atoms with E-state index in [4.69, 9.17) is 4.74 Å². The highest BCUT2D eigenvalue weighted by atomic mass is 32.2. The summed E-state index contributed by atoms with van der Waals surface area (Å²) in [6.07, 6.45) is 13.4. The first kappa shape index (κ1) is 30.7. The molecule has 1 aromatic heterocycles. The minimum atomic E-state index is -3.55. The SMILES string of the molecule is COCCCN(C[C@]1(O)CC[C@H]2[C@]34C=C[C@@]5(C=C3C(=O)c3ccc(C)s3)CC(O)CC[C@]5(C)[C@H]4CC[C@@]21C)S(C)(=O)=O. The number of aliphatic hydroxyl groups is 2. The summed E-state index contributed by atoms with van der Waals surface area (Å²) in [7, 11) is -1.94. The molecule has 6 aliphatic carbocycles. The number of Topliss-reactive ketones (excluding diaryl/α,β-unsaturated/α-hetero) is 1. The van der Waals surface area contributed by atoms with E-state index in [1.807, 2.05) is 19.1 Å². The lowest BCUT2D eigenvalue weighted by atomic mass is 9.32. The van der Waals surface area contributed by atoms with Crippen molar-refractivity contribution in [3.63, 3.8) is 0 Å². The molecule has 3 saturated carbocycles. The highest BCUT2D eigenvalue weighted by Crippen LogP contribution is 2.78. The Kier molecular flexibility index (Phi) is 7.35. The van der Waals surface area contributed by atoms with Gasteiger partial charge in [-0.2, -0.15) is 4.31 Å². The second-order valence-corrected chi connectivity index (χ2v) is 17.8. The maximum Gasteiger partial charge on any atom is 0.211 e. The van der Waals surface area contributed by atoms with Crippen molar-refractivity contribution < 1.29 is 28.2 Å². The molecule has 7 nitrogen and oxygen atoms in total. The maximum atomic E-state index is 14.5. The van der Waals surface area contributed by atoms with Crippen LogP contribution in [0.25, 0.3) is 0 Å². The van der Waals surface area contributed by atoms with Crippen molar-refractivity contribution in [1.82, 2.24) is 4.31 Å². The molecule has 2 N–H and O–H groups in total. The average Bonchev–Trinajstić information content (AvgIpc) is 3.47. The van der Waals surface area contributed by atoms with Crippen LogP contribution in [0.15, 0.2) is 35.9 Å². The third kappa shape index (κ3) is 4.17. The van der Waals surface area contributed by atoms with E-state index in [2.05, 4.69) is 32.1 Å². The number of allylic oxidation sites excluding steroid dienone is 4. The molecular formula is C33H47NO6S2. The van der Waals surface area contributed by atoms with Gasteiger partial charge in [0.25, 0.3) is 0 Å². The predicted octanol–water partition coefficient (Wildman–Crippen LogP) is 5.13. The first-order valence-electron chi connectivity index (χ1n) is 15.6. The van der Waals surface area contributed by atoms with Crippen LogP contribution in [0.3, 0.4) is 0 Å². The van der Waals surface area contributed by atoms with E-state index in [1.165, 1.54) is 21.9 Å². The molecule has 0 aliphatic heterocycles. The number of ether oxygens (including phenoxy) is 1. The highest BCUT2D eigenvalue weighted by Gasteiger charge is 2.74. The van der Waals surface area contributed by atoms with Gasteiger partial charge in [-0.1, -0.05) is 32.1 Å². The molecule has 1 aromatic rings. The fourth-order valence-corrected chi connectivity index (χ4v) is 12.1. The van der Waals surface area contributed by atoms with Crippen LogP contribution >= 0.6 is 11.3 Å².